The first-order valence-electron chi connectivity index (χ1n) is 8.75. The molecule has 15 heteroatoms. The Morgan fingerprint density at radius 1 is 1.09 bits per heavy atom. The highest BCUT2D eigenvalue weighted by Crippen LogP contribution is 2.32. The molecule has 0 fully saturated rings. The zero-order valence-corrected chi connectivity index (χ0v) is 18.1. The number of nitrogens with zero attached hydrogens (tertiary/aromatic N) is 4. The van der Waals surface area contributed by atoms with Gasteiger partial charge in [0, 0.05) is 26.4 Å². The first kappa shape index (κ1) is 24.5. The summed E-state index contributed by atoms with van der Waals surface area (Å²) < 4.78 is 67.1. The molecule has 3 aromatic rings. The minimum absolute atomic E-state index is 0.198. The zero-order valence-electron chi connectivity index (χ0n) is 16.5. The van der Waals surface area contributed by atoms with E-state index >= 15 is 0 Å². The van der Waals surface area contributed by atoms with Gasteiger partial charge in [0.1, 0.15) is 11.4 Å². The molecule has 8 nitrogen and oxygen atoms in total. The molecular weight excluding hydrogens is 500 g/mol. The summed E-state index contributed by atoms with van der Waals surface area (Å²) in [6.07, 6.45) is -6.99. The van der Waals surface area contributed by atoms with Gasteiger partial charge in [-0.3, -0.25) is 18.8 Å². The summed E-state index contributed by atoms with van der Waals surface area (Å²) in [5, 5.41) is 5.25. The number of carbonyl (C=O) groups is 1. The summed E-state index contributed by atoms with van der Waals surface area (Å²) in [5.41, 5.74) is -6.11. The van der Waals surface area contributed by atoms with Crippen molar-refractivity contribution >= 4 is 34.8 Å². The largest absolute Gasteiger partial charge is 0.431 e. The maximum absolute atomic E-state index is 13.1. The van der Waals surface area contributed by atoms with E-state index in [0.717, 1.165) is 30.1 Å². The molecule has 1 aromatic carbocycles. The van der Waals surface area contributed by atoms with Crippen molar-refractivity contribution in [2.24, 2.45) is 14.1 Å². The Hall–Kier alpha value is -3.19. The number of alkyl halides is 5. The van der Waals surface area contributed by atoms with Gasteiger partial charge < -0.3 is 5.32 Å². The van der Waals surface area contributed by atoms with Crippen molar-refractivity contribution in [2.75, 3.05) is 5.32 Å². The summed E-state index contributed by atoms with van der Waals surface area (Å²) in [5.74, 6) is -1.04. The van der Waals surface area contributed by atoms with E-state index in [1.54, 1.807) is 0 Å². The van der Waals surface area contributed by atoms with Crippen LogP contribution in [0.5, 0.6) is 0 Å². The second kappa shape index (κ2) is 8.63. The number of nitrogens with one attached hydrogen (secondary N) is 1. The Labute approximate surface area is 190 Å². The number of rotatable bonds is 4. The quantitative estimate of drug-likeness (QED) is 0.539. The molecule has 2 heterocycles. The first-order valence-corrected chi connectivity index (χ1v) is 9.50. The molecule has 0 aliphatic rings. The molecule has 0 spiro atoms. The minimum Gasteiger partial charge on any atom is -0.320 e. The van der Waals surface area contributed by atoms with E-state index < -0.39 is 52.4 Å². The molecule has 0 bridgehead atoms. The topological polar surface area (TPSA) is 90.9 Å². The van der Waals surface area contributed by atoms with Crippen LogP contribution in [0.15, 0.2) is 34.0 Å². The number of hydrogen-bond acceptors (Lipinski definition) is 4. The predicted molar refractivity (Wildman–Crippen MR) is 108 cm³/mol. The summed E-state index contributed by atoms with van der Waals surface area (Å²) >= 11 is 12.1. The lowest BCUT2D eigenvalue weighted by molar-refractivity contribution is -0.144. The van der Waals surface area contributed by atoms with Crippen LogP contribution in [0.3, 0.4) is 0 Å². The van der Waals surface area contributed by atoms with Crippen LogP contribution in [0.25, 0.3) is 5.69 Å². The third-order valence-electron chi connectivity index (χ3n) is 4.44. The summed E-state index contributed by atoms with van der Waals surface area (Å²) in [7, 11) is 2.13. The van der Waals surface area contributed by atoms with Crippen LogP contribution in [0.1, 0.15) is 28.2 Å². The Balaban J connectivity index is 2.12. The van der Waals surface area contributed by atoms with E-state index in [2.05, 4.69) is 10.4 Å². The van der Waals surface area contributed by atoms with E-state index in [4.69, 9.17) is 23.2 Å². The lowest BCUT2D eigenvalue weighted by Gasteiger charge is -2.16. The Kier molecular flexibility index (Phi) is 6.40. The molecule has 0 aliphatic heterocycles. The van der Waals surface area contributed by atoms with Gasteiger partial charge in [0.25, 0.3) is 17.9 Å². The maximum Gasteiger partial charge on any atom is 0.431 e. The normalized spacial score (nSPS) is 11.8. The first-order chi connectivity index (χ1) is 15.2. The van der Waals surface area contributed by atoms with Gasteiger partial charge in [-0.2, -0.15) is 18.3 Å². The highest BCUT2D eigenvalue weighted by atomic mass is 35.5. The number of anilines is 1. The lowest BCUT2D eigenvalue weighted by Crippen LogP contribution is -2.40. The second-order valence-corrected chi connectivity index (χ2v) is 7.50. The molecule has 0 radical (unpaired) electrons. The Bertz CT molecular complexity index is 1380. The molecule has 0 saturated heterocycles. The van der Waals surface area contributed by atoms with Crippen molar-refractivity contribution < 1.29 is 26.7 Å². The smallest absolute Gasteiger partial charge is 0.320 e. The number of benzene rings is 1. The van der Waals surface area contributed by atoms with Crippen LogP contribution in [0, 0.1) is 0 Å². The number of aryl methyl sites for hydroxylation is 1. The molecule has 0 saturated carbocycles. The molecule has 0 aliphatic carbocycles. The van der Waals surface area contributed by atoms with Crippen LogP contribution in [-0.4, -0.2) is 24.8 Å². The van der Waals surface area contributed by atoms with Crippen LogP contribution >= 0.6 is 23.2 Å². The predicted octanol–water partition coefficient (Wildman–Crippen LogP) is 3.79. The second-order valence-electron chi connectivity index (χ2n) is 6.68. The number of amides is 1. The van der Waals surface area contributed by atoms with Crippen LogP contribution in [0.2, 0.25) is 10.0 Å². The van der Waals surface area contributed by atoms with Gasteiger partial charge in [-0.25, -0.2) is 18.1 Å². The van der Waals surface area contributed by atoms with Crippen molar-refractivity contribution in [3.63, 3.8) is 0 Å². The van der Waals surface area contributed by atoms with Gasteiger partial charge >= 0.3 is 11.9 Å². The van der Waals surface area contributed by atoms with Crippen molar-refractivity contribution in [1.29, 1.82) is 0 Å². The SMILES string of the molecule is Cn1cc(C(=O)Nc2cc(-n3c(=O)cc(C(F)(F)F)n(C)c3=O)c(Cl)cc2Cl)c(C(F)F)n1. The number of aromatic nitrogens is 4. The summed E-state index contributed by atoms with van der Waals surface area (Å²) in [4.78, 5) is 37.4. The average Bonchev–Trinajstić information content (AvgIpc) is 3.09. The van der Waals surface area contributed by atoms with E-state index in [9.17, 15) is 36.3 Å². The molecule has 0 unspecified atom stereocenters. The van der Waals surface area contributed by atoms with Crippen LogP contribution in [-0.2, 0) is 20.3 Å². The zero-order chi connectivity index (χ0) is 24.8. The number of hydrogen-bond donors (Lipinski definition) is 1. The van der Waals surface area contributed by atoms with Gasteiger partial charge in [-0.1, -0.05) is 23.2 Å². The van der Waals surface area contributed by atoms with E-state index in [0.29, 0.717) is 4.57 Å². The van der Waals surface area contributed by atoms with Gasteiger partial charge in [0.2, 0.25) is 0 Å². The average molecular weight is 512 g/mol. The molecule has 33 heavy (non-hydrogen) atoms. The molecular formula is C18H12Cl2F5N5O3. The fourth-order valence-electron chi connectivity index (χ4n) is 2.96. The third kappa shape index (κ3) is 4.64. The van der Waals surface area contributed by atoms with E-state index in [1.165, 1.54) is 7.05 Å². The van der Waals surface area contributed by atoms with Crippen LogP contribution in [0.4, 0.5) is 27.6 Å². The standard InChI is InChI=1S/C18H12Cl2F5N5O3/c1-28-6-7(14(27-28)15(21)22)16(32)26-10-4-11(9(20)3-8(10)19)30-13(31)5-12(18(23,24)25)29(2)17(30)33/h3-6,15H,1-2H3,(H,26,32). The van der Waals surface area contributed by atoms with Gasteiger partial charge in [0.05, 0.1) is 27.0 Å². The van der Waals surface area contributed by atoms with Crippen molar-refractivity contribution in [3.8, 4) is 5.69 Å². The monoisotopic (exact) mass is 511 g/mol. The van der Waals surface area contributed by atoms with Gasteiger partial charge in [0.15, 0.2) is 0 Å². The van der Waals surface area contributed by atoms with Gasteiger partial charge in [-0.15, -0.1) is 0 Å². The highest BCUT2D eigenvalue weighted by Gasteiger charge is 2.35. The molecule has 176 valence electrons. The summed E-state index contributed by atoms with van der Waals surface area (Å²) in [6.45, 7) is 0. The molecule has 0 atom stereocenters. The Morgan fingerprint density at radius 3 is 2.30 bits per heavy atom. The fourth-order valence-corrected chi connectivity index (χ4v) is 3.47. The minimum atomic E-state index is -4.97. The molecule has 2 aromatic heterocycles. The van der Waals surface area contributed by atoms with Gasteiger partial charge in [-0.05, 0) is 12.1 Å². The van der Waals surface area contributed by atoms with Crippen LogP contribution < -0.4 is 16.6 Å². The number of halogens is 7. The molecule has 1 N–H and O–H groups in total. The number of carbonyl (C=O) groups excluding carboxylic acids is 1. The highest BCUT2D eigenvalue weighted by molar-refractivity contribution is 6.37. The Morgan fingerprint density at radius 2 is 1.73 bits per heavy atom. The van der Waals surface area contributed by atoms with Crippen molar-refractivity contribution in [2.45, 2.75) is 12.6 Å². The maximum atomic E-state index is 13.1. The van der Waals surface area contributed by atoms with E-state index in [-0.39, 0.29) is 26.4 Å². The molecule has 3 rings (SSSR count). The van der Waals surface area contributed by atoms with E-state index in [1.807, 2.05) is 0 Å². The summed E-state index contributed by atoms with van der Waals surface area (Å²) in [6, 6.07) is 2.18. The van der Waals surface area contributed by atoms with Crippen molar-refractivity contribution in [1.82, 2.24) is 18.9 Å². The lowest BCUT2D eigenvalue weighted by atomic mass is 10.2. The van der Waals surface area contributed by atoms with Crippen molar-refractivity contribution in [3.05, 3.63) is 72.2 Å². The fraction of sp³-hybridized carbons (Fsp3) is 0.222. The third-order valence-corrected chi connectivity index (χ3v) is 5.06. The molecule has 1 amide bonds.